The van der Waals surface area contributed by atoms with E-state index in [0.717, 1.165) is 16.7 Å². The average Bonchev–Trinajstić information content (AvgIpc) is 2.97. The molecule has 2 heterocycles. The van der Waals surface area contributed by atoms with Gasteiger partial charge in [-0.3, -0.25) is 4.79 Å². The van der Waals surface area contributed by atoms with Gasteiger partial charge < -0.3 is 15.0 Å². The molecule has 21 heavy (non-hydrogen) atoms. The van der Waals surface area contributed by atoms with Gasteiger partial charge in [0, 0.05) is 24.3 Å². The molecular formula is C16H15N3O2. The molecule has 0 aliphatic heterocycles. The number of nitrogens with zero attached hydrogens (tertiary/aromatic N) is 1. The molecule has 2 aromatic heterocycles. The van der Waals surface area contributed by atoms with Crippen molar-refractivity contribution in [2.75, 3.05) is 7.11 Å². The highest BCUT2D eigenvalue weighted by molar-refractivity contribution is 6.05. The molecule has 106 valence electrons. The Morgan fingerprint density at radius 2 is 2.24 bits per heavy atom. The first-order valence-corrected chi connectivity index (χ1v) is 6.61. The van der Waals surface area contributed by atoms with Crippen molar-refractivity contribution in [2.24, 2.45) is 0 Å². The summed E-state index contributed by atoms with van der Waals surface area (Å²) in [7, 11) is 1.62. The van der Waals surface area contributed by atoms with Crippen LogP contribution in [0.15, 0.2) is 48.8 Å². The number of pyridine rings is 1. The summed E-state index contributed by atoms with van der Waals surface area (Å²) in [5.74, 6) is 0.648. The summed E-state index contributed by atoms with van der Waals surface area (Å²) in [5.41, 5.74) is 2.30. The molecule has 5 heteroatoms. The number of benzene rings is 1. The number of aromatic amines is 1. The van der Waals surface area contributed by atoms with E-state index in [2.05, 4.69) is 15.3 Å². The summed E-state index contributed by atoms with van der Waals surface area (Å²) >= 11 is 0. The molecule has 0 radical (unpaired) electrons. The molecule has 0 aliphatic rings. The molecule has 3 aromatic rings. The summed E-state index contributed by atoms with van der Waals surface area (Å²) in [4.78, 5) is 19.4. The Bertz CT molecular complexity index is 780. The lowest BCUT2D eigenvalue weighted by Crippen LogP contribution is -2.22. The summed E-state index contributed by atoms with van der Waals surface area (Å²) in [6.45, 7) is 0.447. The van der Waals surface area contributed by atoms with Crippen LogP contribution in [0, 0.1) is 0 Å². The van der Waals surface area contributed by atoms with Crippen LogP contribution in [-0.2, 0) is 6.54 Å². The van der Waals surface area contributed by atoms with Crippen molar-refractivity contribution in [1.29, 1.82) is 0 Å². The van der Waals surface area contributed by atoms with Gasteiger partial charge in [-0.15, -0.1) is 0 Å². The zero-order chi connectivity index (χ0) is 14.7. The number of ether oxygens (including phenoxy) is 1. The molecule has 1 amide bonds. The Labute approximate surface area is 122 Å². The normalized spacial score (nSPS) is 10.5. The van der Waals surface area contributed by atoms with Crippen LogP contribution in [0.2, 0.25) is 0 Å². The zero-order valence-corrected chi connectivity index (χ0v) is 11.6. The van der Waals surface area contributed by atoms with E-state index >= 15 is 0 Å². The SMILES string of the molecule is COc1cccc(CNC(=O)c2c[nH]c3ncccc23)c1. The van der Waals surface area contributed by atoms with Gasteiger partial charge in [0.05, 0.1) is 12.7 Å². The lowest BCUT2D eigenvalue weighted by molar-refractivity contribution is 0.0952. The number of methoxy groups -OCH3 is 1. The first-order chi connectivity index (χ1) is 10.3. The van der Waals surface area contributed by atoms with E-state index in [4.69, 9.17) is 4.74 Å². The monoisotopic (exact) mass is 281 g/mol. The predicted molar refractivity (Wildman–Crippen MR) is 80.3 cm³/mol. The maximum Gasteiger partial charge on any atom is 0.253 e. The lowest BCUT2D eigenvalue weighted by Gasteiger charge is -2.06. The maximum atomic E-state index is 12.3. The van der Waals surface area contributed by atoms with E-state index < -0.39 is 0 Å². The first-order valence-electron chi connectivity index (χ1n) is 6.61. The van der Waals surface area contributed by atoms with Crippen molar-refractivity contribution in [3.63, 3.8) is 0 Å². The van der Waals surface area contributed by atoms with Gasteiger partial charge in [-0.25, -0.2) is 4.98 Å². The Morgan fingerprint density at radius 3 is 3.10 bits per heavy atom. The van der Waals surface area contributed by atoms with E-state index in [1.165, 1.54) is 0 Å². The number of hydrogen-bond acceptors (Lipinski definition) is 3. The van der Waals surface area contributed by atoms with Gasteiger partial charge in [0.25, 0.3) is 5.91 Å². The molecule has 0 atom stereocenters. The summed E-state index contributed by atoms with van der Waals surface area (Å²) in [5, 5.41) is 3.72. The maximum absolute atomic E-state index is 12.3. The number of aromatic nitrogens is 2. The first kappa shape index (κ1) is 13.2. The van der Waals surface area contributed by atoms with E-state index in [0.29, 0.717) is 17.8 Å². The van der Waals surface area contributed by atoms with Crippen LogP contribution in [0.25, 0.3) is 11.0 Å². The van der Waals surface area contributed by atoms with Gasteiger partial charge in [-0.2, -0.15) is 0 Å². The second-order valence-corrected chi connectivity index (χ2v) is 4.64. The van der Waals surface area contributed by atoms with Gasteiger partial charge in [0.2, 0.25) is 0 Å². The van der Waals surface area contributed by atoms with E-state index in [-0.39, 0.29) is 5.91 Å². The summed E-state index contributed by atoms with van der Waals surface area (Å²) in [6.07, 6.45) is 3.37. The molecule has 0 unspecified atom stereocenters. The highest BCUT2D eigenvalue weighted by Gasteiger charge is 2.11. The minimum atomic E-state index is -0.128. The average molecular weight is 281 g/mol. The van der Waals surface area contributed by atoms with E-state index in [1.54, 1.807) is 19.5 Å². The molecular weight excluding hydrogens is 266 g/mol. The number of amides is 1. The Morgan fingerprint density at radius 1 is 1.33 bits per heavy atom. The molecule has 0 bridgehead atoms. The van der Waals surface area contributed by atoms with Crippen LogP contribution in [0.5, 0.6) is 5.75 Å². The van der Waals surface area contributed by atoms with Crippen LogP contribution < -0.4 is 10.1 Å². The number of H-pyrrole nitrogens is 1. The van der Waals surface area contributed by atoms with Crippen LogP contribution in [0.4, 0.5) is 0 Å². The van der Waals surface area contributed by atoms with Crippen molar-refractivity contribution >= 4 is 16.9 Å². The number of rotatable bonds is 4. The quantitative estimate of drug-likeness (QED) is 0.772. The highest BCUT2D eigenvalue weighted by atomic mass is 16.5. The minimum Gasteiger partial charge on any atom is -0.497 e. The predicted octanol–water partition coefficient (Wildman–Crippen LogP) is 2.50. The van der Waals surface area contributed by atoms with Crippen LogP contribution in [-0.4, -0.2) is 23.0 Å². The molecule has 0 fully saturated rings. The van der Waals surface area contributed by atoms with Gasteiger partial charge >= 0.3 is 0 Å². The molecule has 0 aliphatic carbocycles. The molecule has 0 saturated heterocycles. The van der Waals surface area contributed by atoms with Crippen molar-refractivity contribution < 1.29 is 9.53 Å². The summed E-state index contributed by atoms with van der Waals surface area (Å²) < 4.78 is 5.17. The molecule has 0 saturated carbocycles. The van der Waals surface area contributed by atoms with Crippen molar-refractivity contribution in [3.8, 4) is 5.75 Å². The Kier molecular flexibility index (Phi) is 3.55. The van der Waals surface area contributed by atoms with E-state index in [1.807, 2.05) is 36.4 Å². The highest BCUT2D eigenvalue weighted by Crippen LogP contribution is 2.16. The third-order valence-corrected chi connectivity index (χ3v) is 3.28. The van der Waals surface area contributed by atoms with Crippen molar-refractivity contribution in [3.05, 3.63) is 59.9 Å². The lowest BCUT2D eigenvalue weighted by atomic mass is 10.2. The summed E-state index contributed by atoms with van der Waals surface area (Å²) in [6, 6.07) is 11.3. The van der Waals surface area contributed by atoms with Gasteiger partial charge in [0.1, 0.15) is 11.4 Å². The van der Waals surface area contributed by atoms with Gasteiger partial charge in [-0.05, 0) is 29.8 Å². The Balaban J connectivity index is 1.74. The molecule has 2 N–H and O–H groups in total. The number of nitrogens with one attached hydrogen (secondary N) is 2. The van der Waals surface area contributed by atoms with Crippen molar-refractivity contribution in [1.82, 2.24) is 15.3 Å². The second-order valence-electron chi connectivity index (χ2n) is 4.64. The third-order valence-electron chi connectivity index (χ3n) is 3.28. The number of fused-ring (bicyclic) bond motifs is 1. The van der Waals surface area contributed by atoms with E-state index in [9.17, 15) is 4.79 Å². The van der Waals surface area contributed by atoms with Crippen molar-refractivity contribution in [2.45, 2.75) is 6.54 Å². The van der Waals surface area contributed by atoms with Crippen LogP contribution in [0.3, 0.4) is 0 Å². The smallest absolute Gasteiger partial charge is 0.253 e. The fourth-order valence-electron chi connectivity index (χ4n) is 2.20. The Hall–Kier alpha value is -2.82. The minimum absolute atomic E-state index is 0.128. The van der Waals surface area contributed by atoms with Gasteiger partial charge in [-0.1, -0.05) is 12.1 Å². The molecule has 3 rings (SSSR count). The third kappa shape index (κ3) is 2.72. The molecule has 5 nitrogen and oxygen atoms in total. The van der Waals surface area contributed by atoms with Crippen LogP contribution >= 0.6 is 0 Å². The number of hydrogen-bond donors (Lipinski definition) is 2. The standard InChI is InChI=1S/C16H15N3O2/c1-21-12-5-2-4-11(8-12)9-19-16(20)14-10-18-15-13(14)6-3-7-17-15/h2-8,10H,9H2,1H3,(H,17,18)(H,19,20). The second kappa shape index (κ2) is 5.66. The van der Waals surface area contributed by atoms with Gasteiger partial charge in [0.15, 0.2) is 0 Å². The van der Waals surface area contributed by atoms with Crippen LogP contribution in [0.1, 0.15) is 15.9 Å². The largest absolute Gasteiger partial charge is 0.497 e. The zero-order valence-electron chi connectivity index (χ0n) is 11.6. The number of carbonyl (C=O) groups is 1. The fourth-order valence-corrected chi connectivity index (χ4v) is 2.20. The molecule has 1 aromatic carbocycles. The molecule has 0 spiro atoms. The fraction of sp³-hybridized carbons (Fsp3) is 0.125. The topological polar surface area (TPSA) is 67.0 Å². The number of carbonyl (C=O) groups excluding carboxylic acids is 1.